The summed E-state index contributed by atoms with van der Waals surface area (Å²) in [7, 11) is 0. The number of anilines is 2. The van der Waals surface area contributed by atoms with Crippen LogP contribution in [-0.4, -0.2) is 21.2 Å². The SMILES string of the molecule is Cc1ccc(NC(=O)c2nc(C(=O)Nc3ccc(C)cc3)n3ccccc23)cc1. The molecule has 0 atom stereocenters. The van der Waals surface area contributed by atoms with E-state index in [0.29, 0.717) is 16.9 Å². The highest BCUT2D eigenvalue weighted by atomic mass is 16.2. The van der Waals surface area contributed by atoms with Gasteiger partial charge in [-0.15, -0.1) is 0 Å². The highest BCUT2D eigenvalue weighted by Crippen LogP contribution is 2.18. The highest BCUT2D eigenvalue weighted by molar-refractivity contribution is 6.10. The van der Waals surface area contributed by atoms with Crippen molar-refractivity contribution in [3.8, 4) is 0 Å². The molecule has 0 fully saturated rings. The molecule has 0 aliphatic rings. The van der Waals surface area contributed by atoms with Crippen molar-refractivity contribution in [1.82, 2.24) is 9.38 Å². The molecule has 0 bridgehead atoms. The van der Waals surface area contributed by atoms with E-state index in [2.05, 4.69) is 15.6 Å². The van der Waals surface area contributed by atoms with Crippen molar-refractivity contribution in [1.29, 1.82) is 0 Å². The number of aromatic nitrogens is 2. The normalized spacial score (nSPS) is 10.7. The van der Waals surface area contributed by atoms with Crippen molar-refractivity contribution >= 4 is 28.7 Å². The Morgan fingerprint density at radius 2 is 1.31 bits per heavy atom. The molecule has 144 valence electrons. The number of imidazole rings is 1. The van der Waals surface area contributed by atoms with Gasteiger partial charge in [-0.05, 0) is 50.2 Å². The predicted molar refractivity (Wildman–Crippen MR) is 113 cm³/mol. The molecular formula is C23H20N4O2. The van der Waals surface area contributed by atoms with E-state index in [9.17, 15) is 9.59 Å². The Bertz CT molecular complexity index is 1100. The average Bonchev–Trinajstić information content (AvgIpc) is 3.11. The van der Waals surface area contributed by atoms with Crippen LogP contribution in [0.25, 0.3) is 5.52 Å². The lowest BCUT2D eigenvalue weighted by Crippen LogP contribution is -2.16. The topological polar surface area (TPSA) is 75.5 Å². The Hall–Kier alpha value is -3.93. The first-order valence-corrected chi connectivity index (χ1v) is 9.24. The van der Waals surface area contributed by atoms with Crippen LogP contribution in [0.2, 0.25) is 0 Å². The molecule has 4 rings (SSSR count). The largest absolute Gasteiger partial charge is 0.321 e. The van der Waals surface area contributed by atoms with E-state index in [4.69, 9.17) is 0 Å². The van der Waals surface area contributed by atoms with E-state index in [1.807, 2.05) is 62.4 Å². The number of amides is 2. The van der Waals surface area contributed by atoms with Gasteiger partial charge in [0.1, 0.15) is 0 Å². The molecule has 6 heteroatoms. The van der Waals surface area contributed by atoms with Crippen LogP contribution < -0.4 is 10.6 Å². The fraction of sp³-hybridized carbons (Fsp3) is 0.0870. The van der Waals surface area contributed by atoms with Crippen molar-refractivity contribution in [3.63, 3.8) is 0 Å². The molecule has 29 heavy (non-hydrogen) atoms. The van der Waals surface area contributed by atoms with Gasteiger partial charge in [0.2, 0.25) is 5.82 Å². The first-order chi connectivity index (χ1) is 14.0. The minimum Gasteiger partial charge on any atom is -0.321 e. The summed E-state index contributed by atoms with van der Waals surface area (Å²) in [6, 6.07) is 20.3. The summed E-state index contributed by atoms with van der Waals surface area (Å²) in [6.45, 7) is 3.96. The van der Waals surface area contributed by atoms with Crippen LogP contribution in [0.1, 0.15) is 32.2 Å². The van der Waals surface area contributed by atoms with Crippen molar-refractivity contribution in [2.24, 2.45) is 0 Å². The number of hydrogen-bond acceptors (Lipinski definition) is 3. The number of carbonyl (C=O) groups excluding carboxylic acids is 2. The van der Waals surface area contributed by atoms with Crippen LogP contribution in [0, 0.1) is 13.8 Å². The molecule has 2 aromatic heterocycles. The first kappa shape index (κ1) is 18.4. The number of aryl methyl sites for hydroxylation is 2. The van der Waals surface area contributed by atoms with Gasteiger partial charge in [0, 0.05) is 17.6 Å². The minimum absolute atomic E-state index is 0.148. The lowest BCUT2D eigenvalue weighted by Gasteiger charge is -2.04. The highest BCUT2D eigenvalue weighted by Gasteiger charge is 2.21. The number of carbonyl (C=O) groups is 2. The van der Waals surface area contributed by atoms with Crippen LogP contribution in [0.5, 0.6) is 0 Å². The van der Waals surface area contributed by atoms with Crippen LogP contribution in [-0.2, 0) is 0 Å². The molecule has 2 aromatic carbocycles. The number of hydrogen-bond donors (Lipinski definition) is 2. The summed E-state index contributed by atoms with van der Waals surface area (Å²) in [5, 5.41) is 5.67. The number of fused-ring (bicyclic) bond motifs is 1. The lowest BCUT2D eigenvalue weighted by molar-refractivity contribution is 0.101. The molecule has 2 amide bonds. The third kappa shape index (κ3) is 3.87. The zero-order chi connectivity index (χ0) is 20.4. The second kappa shape index (κ2) is 7.59. The number of nitrogens with zero attached hydrogens (tertiary/aromatic N) is 2. The summed E-state index contributed by atoms with van der Waals surface area (Å²) >= 11 is 0. The van der Waals surface area contributed by atoms with E-state index < -0.39 is 0 Å². The van der Waals surface area contributed by atoms with Crippen LogP contribution in [0.3, 0.4) is 0 Å². The number of benzene rings is 2. The molecule has 0 radical (unpaired) electrons. The van der Waals surface area contributed by atoms with Gasteiger partial charge in [0.25, 0.3) is 11.8 Å². The van der Waals surface area contributed by atoms with Gasteiger partial charge >= 0.3 is 0 Å². The van der Waals surface area contributed by atoms with E-state index in [0.717, 1.165) is 11.1 Å². The smallest absolute Gasteiger partial charge is 0.292 e. The van der Waals surface area contributed by atoms with Crippen molar-refractivity contribution in [3.05, 3.63) is 95.6 Å². The van der Waals surface area contributed by atoms with Gasteiger partial charge in [-0.1, -0.05) is 41.5 Å². The Morgan fingerprint density at radius 1 is 0.759 bits per heavy atom. The average molecular weight is 384 g/mol. The fourth-order valence-electron chi connectivity index (χ4n) is 3.02. The summed E-state index contributed by atoms with van der Waals surface area (Å²) in [5.41, 5.74) is 4.29. The van der Waals surface area contributed by atoms with E-state index in [1.165, 1.54) is 0 Å². The molecular weight excluding hydrogens is 364 g/mol. The molecule has 2 heterocycles. The first-order valence-electron chi connectivity index (χ1n) is 9.24. The molecule has 0 aliphatic carbocycles. The van der Waals surface area contributed by atoms with Crippen LogP contribution in [0.15, 0.2) is 72.9 Å². The zero-order valence-electron chi connectivity index (χ0n) is 16.1. The molecule has 0 saturated carbocycles. The second-order valence-electron chi connectivity index (χ2n) is 6.88. The summed E-state index contributed by atoms with van der Waals surface area (Å²) in [6.07, 6.45) is 1.72. The monoisotopic (exact) mass is 384 g/mol. The number of rotatable bonds is 4. The van der Waals surface area contributed by atoms with Gasteiger partial charge in [-0.3, -0.25) is 14.0 Å². The Kier molecular flexibility index (Phi) is 4.83. The molecule has 0 spiro atoms. The maximum atomic E-state index is 12.8. The minimum atomic E-state index is -0.385. The summed E-state index contributed by atoms with van der Waals surface area (Å²) in [4.78, 5) is 30.0. The van der Waals surface area contributed by atoms with Crippen LogP contribution in [0.4, 0.5) is 11.4 Å². The quantitative estimate of drug-likeness (QED) is 0.546. The summed E-state index contributed by atoms with van der Waals surface area (Å²) < 4.78 is 1.62. The third-order valence-corrected chi connectivity index (χ3v) is 4.59. The Morgan fingerprint density at radius 3 is 1.90 bits per heavy atom. The molecule has 6 nitrogen and oxygen atoms in total. The van der Waals surface area contributed by atoms with Gasteiger partial charge in [0.15, 0.2) is 5.69 Å². The Labute approximate surface area is 168 Å². The van der Waals surface area contributed by atoms with Crippen molar-refractivity contribution in [2.45, 2.75) is 13.8 Å². The molecule has 4 aromatic rings. The van der Waals surface area contributed by atoms with E-state index in [-0.39, 0.29) is 23.3 Å². The molecule has 0 saturated heterocycles. The maximum Gasteiger partial charge on any atom is 0.292 e. The summed E-state index contributed by atoms with van der Waals surface area (Å²) in [5.74, 6) is -0.605. The Balaban J connectivity index is 1.65. The fourth-order valence-corrected chi connectivity index (χ4v) is 3.02. The van der Waals surface area contributed by atoms with Crippen molar-refractivity contribution in [2.75, 3.05) is 10.6 Å². The maximum absolute atomic E-state index is 12.8. The van der Waals surface area contributed by atoms with Gasteiger partial charge in [-0.25, -0.2) is 4.98 Å². The molecule has 2 N–H and O–H groups in total. The van der Waals surface area contributed by atoms with E-state index >= 15 is 0 Å². The third-order valence-electron chi connectivity index (χ3n) is 4.59. The number of pyridine rings is 1. The number of nitrogens with one attached hydrogen (secondary N) is 2. The zero-order valence-corrected chi connectivity index (χ0v) is 16.1. The van der Waals surface area contributed by atoms with Crippen molar-refractivity contribution < 1.29 is 9.59 Å². The lowest BCUT2D eigenvalue weighted by atomic mass is 10.2. The van der Waals surface area contributed by atoms with Gasteiger partial charge < -0.3 is 10.6 Å². The predicted octanol–water partition coefficient (Wildman–Crippen LogP) is 4.46. The molecule has 0 unspecified atom stereocenters. The van der Waals surface area contributed by atoms with Gasteiger partial charge in [0.05, 0.1) is 5.52 Å². The van der Waals surface area contributed by atoms with E-state index in [1.54, 1.807) is 28.8 Å². The van der Waals surface area contributed by atoms with Crippen LogP contribution >= 0.6 is 0 Å². The molecule has 0 aliphatic heterocycles. The standard InChI is InChI=1S/C23H20N4O2/c1-15-6-10-17(11-7-15)24-22(28)20-19-5-3-4-14-27(19)21(26-20)23(29)25-18-12-8-16(2)9-13-18/h3-14H,1-2H3,(H,24,28)(H,25,29). The second-order valence-corrected chi connectivity index (χ2v) is 6.88. The van der Waals surface area contributed by atoms with Gasteiger partial charge in [-0.2, -0.15) is 0 Å².